The van der Waals surface area contributed by atoms with Crippen molar-refractivity contribution in [2.75, 3.05) is 0 Å². The molecule has 0 radical (unpaired) electrons. The Morgan fingerprint density at radius 1 is 1.44 bits per heavy atom. The molecule has 1 aromatic carbocycles. The molecule has 0 bridgehead atoms. The zero-order valence-corrected chi connectivity index (χ0v) is 9.64. The molecule has 1 aromatic rings. The first-order valence-corrected chi connectivity index (χ1v) is 5.81. The predicted molar refractivity (Wildman–Crippen MR) is 61.7 cm³/mol. The van der Waals surface area contributed by atoms with E-state index in [0.717, 1.165) is 17.3 Å². The molecule has 2 amide bonds. The van der Waals surface area contributed by atoms with Gasteiger partial charge in [-0.2, -0.15) is 0 Å². The molecule has 6 heteroatoms. The lowest BCUT2D eigenvalue weighted by molar-refractivity contribution is -0.118. The molecule has 0 spiro atoms. The van der Waals surface area contributed by atoms with Crippen molar-refractivity contribution in [1.82, 2.24) is 5.32 Å². The van der Waals surface area contributed by atoms with Gasteiger partial charge >= 0.3 is 0 Å². The van der Waals surface area contributed by atoms with Crippen molar-refractivity contribution >= 4 is 34.5 Å². The predicted octanol–water partition coefficient (Wildman–Crippen LogP) is 1.94. The monoisotopic (exact) mass is 257 g/mol. The third-order valence-electron chi connectivity index (χ3n) is 2.20. The Kier molecular flexibility index (Phi) is 3.07. The summed E-state index contributed by atoms with van der Waals surface area (Å²) >= 11 is 6.71. The summed E-state index contributed by atoms with van der Waals surface area (Å²) in [6.45, 7) is 0. The fraction of sp³-hybridized carbons (Fsp3) is 0.200. The van der Waals surface area contributed by atoms with Crippen molar-refractivity contribution in [1.29, 1.82) is 0 Å². The summed E-state index contributed by atoms with van der Waals surface area (Å²) < 4.78 is 0. The fourth-order valence-corrected chi connectivity index (χ4v) is 2.48. The first-order chi connectivity index (χ1) is 7.56. The molecule has 84 valence electrons. The zero-order chi connectivity index (χ0) is 11.7. The van der Waals surface area contributed by atoms with E-state index in [2.05, 4.69) is 5.32 Å². The highest BCUT2D eigenvalue weighted by Gasteiger charge is 2.31. The molecular formula is C10H8ClNO3S. The Morgan fingerprint density at radius 2 is 2.19 bits per heavy atom. The van der Waals surface area contributed by atoms with Crippen LogP contribution < -0.4 is 5.32 Å². The van der Waals surface area contributed by atoms with Gasteiger partial charge in [0.15, 0.2) is 0 Å². The molecule has 0 aromatic heterocycles. The number of aromatic hydroxyl groups is 1. The molecule has 1 saturated heterocycles. The minimum atomic E-state index is -0.409. The van der Waals surface area contributed by atoms with Crippen molar-refractivity contribution in [3.8, 4) is 5.75 Å². The van der Waals surface area contributed by atoms with Crippen LogP contribution in [0, 0.1) is 0 Å². The normalized spacial score (nSPS) is 19.9. The van der Waals surface area contributed by atoms with Crippen molar-refractivity contribution in [3.05, 3.63) is 28.8 Å². The van der Waals surface area contributed by atoms with Crippen molar-refractivity contribution in [2.45, 2.75) is 11.7 Å². The minimum Gasteiger partial charge on any atom is -0.506 e. The summed E-state index contributed by atoms with van der Waals surface area (Å²) in [6.07, 6.45) is 0.419. The smallest absolute Gasteiger partial charge is 0.286 e. The van der Waals surface area contributed by atoms with Gasteiger partial charge in [-0.15, -0.1) is 0 Å². The Morgan fingerprint density at radius 3 is 2.75 bits per heavy atom. The number of hydrogen-bond acceptors (Lipinski definition) is 4. The number of phenolic OH excluding ortho intramolecular Hbond substituents is 1. The molecule has 1 unspecified atom stereocenters. The Bertz CT molecular complexity index is 463. The van der Waals surface area contributed by atoms with Gasteiger partial charge in [-0.05, 0) is 24.1 Å². The summed E-state index contributed by atoms with van der Waals surface area (Å²) in [5.74, 6) is -0.274. The summed E-state index contributed by atoms with van der Waals surface area (Å²) in [7, 11) is 0. The Hall–Kier alpha value is -1.20. The maximum atomic E-state index is 11.3. The summed E-state index contributed by atoms with van der Waals surface area (Å²) in [6, 6.07) is 4.74. The van der Waals surface area contributed by atoms with Crippen LogP contribution in [0.15, 0.2) is 18.2 Å². The van der Waals surface area contributed by atoms with E-state index >= 15 is 0 Å². The molecule has 2 rings (SSSR count). The molecule has 1 aliphatic heterocycles. The van der Waals surface area contributed by atoms with Gasteiger partial charge in [0.25, 0.3) is 5.24 Å². The van der Waals surface area contributed by atoms with Crippen LogP contribution in [-0.4, -0.2) is 21.5 Å². The van der Waals surface area contributed by atoms with Gasteiger partial charge in [0.05, 0.1) is 10.3 Å². The van der Waals surface area contributed by atoms with Crippen molar-refractivity contribution < 1.29 is 14.7 Å². The first-order valence-electron chi connectivity index (χ1n) is 4.55. The number of halogens is 1. The maximum absolute atomic E-state index is 11.3. The van der Waals surface area contributed by atoms with Gasteiger partial charge in [0.1, 0.15) is 5.75 Å². The Labute approximate surface area is 101 Å². The van der Waals surface area contributed by atoms with E-state index in [1.807, 2.05) is 0 Å². The summed E-state index contributed by atoms with van der Waals surface area (Å²) in [4.78, 5) is 22.2. The second-order valence-electron chi connectivity index (χ2n) is 3.37. The SMILES string of the molecule is O=C1NC(=O)C(Cc2ccc(O)c(Cl)c2)S1. The molecular weight excluding hydrogens is 250 g/mol. The maximum Gasteiger partial charge on any atom is 0.286 e. The fourth-order valence-electron chi connectivity index (χ4n) is 1.42. The number of carbonyl (C=O) groups is 2. The van der Waals surface area contributed by atoms with E-state index < -0.39 is 5.25 Å². The molecule has 1 aliphatic rings. The molecule has 0 saturated carbocycles. The number of rotatable bonds is 2. The number of thioether (sulfide) groups is 1. The van der Waals surface area contributed by atoms with Gasteiger partial charge in [-0.1, -0.05) is 29.4 Å². The largest absolute Gasteiger partial charge is 0.506 e. The molecule has 0 aliphatic carbocycles. The topological polar surface area (TPSA) is 66.4 Å². The van der Waals surface area contributed by atoms with E-state index in [9.17, 15) is 14.7 Å². The molecule has 16 heavy (non-hydrogen) atoms. The van der Waals surface area contributed by atoms with Crippen LogP contribution in [0.5, 0.6) is 5.75 Å². The van der Waals surface area contributed by atoms with Crippen molar-refractivity contribution in [2.24, 2.45) is 0 Å². The number of amides is 2. The minimum absolute atomic E-state index is 0.00465. The lowest BCUT2D eigenvalue weighted by atomic mass is 10.1. The number of nitrogens with one attached hydrogen (secondary N) is 1. The molecule has 1 atom stereocenters. The van der Waals surface area contributed by atoms with Crippen LogP contribution in [0.1, 0.15) is 5.56 Å². The second kappa shape index (κ2) is 4.35. The number of hydrogen-bond donors (Lipinski definition) is 2. The molecule has 4 nitrogen and oxygen atoms in total. The highest BCUT2D eigenvalue weighted by molar-refractivity contribution is 8.15. The van der Waals surface area contributed by atoms with E-state index in [4.69, 9.17) is 11.6 Å². The molecule has 2 N–H and O–H groups in total. The average Bonchev–Trinajstić information content (AvgIpc) is 2.51. The van der Waals surface area contributed by atoms with Crippen LogP contribution >= 0.6 is 23.4 Å². The van der Waals surface area contributed by atoms with Gasteiger partial charge in [-0.25, -0.2) is 0 Å². The van der Waals surface area contributed by atoms with Gasteiger partial charge in [0.2, 0.25) is 5.91 Å². The number of carbonyl (C=O) groups excluding carboxylic acids is 2. The lowest BCUT2D eigenvalue weighted by Crippen LogP contribution is -2.25. The highest BCUT2D eigenvalue weighted by Crippen LogP contribution is 2.27. The van der Waals surface area contributed by atoms with Crippen molar-refractivity contribution in [3.63, 3.8) is 0 Å². The number of imide groups is 1. The van der Waals surface area contributed by atoms with E-state index in [1.165, 1.54) is 6.07 Å². The van der Waals surface area contributed by atoms with E-state index in [1.54, 1.807) is 12.1 Å². The summed E-state index contributed by atoms with van der Waals surface area (Å²) in [5.41, 5.74) is 0.810. The number of phenols is 1. The zero-order valence-electron chi connectivity index (χ0n) is 8.07. The lowest BCUT2D eigenvalue weighted by Gasteiger charge is -2.06. The van der Waals surface area contributed by atoms with Crippen LogP contribution in [0.4, 0.5) is 4.79 Å². The van der Waals surface area contributed by atoms with Gasteiger partial charge in [-0.3, -0.25) is 14.9 Å². The average molecular weight is 258 g/mol. The second-order valence-corrected chi connectivity index (χ2v) is 4.96. The molecule has 1 heterocycles. The quantitative estimate of drug-likeness (QED) is 0.850. The molecule has 1 fully saturated rings. The standard InChI is InChI=1S/C10H8ClNO3S/c11-6-3-5(1-2-7(6)13)4-8-9(14)12-10(15)16-8/h1-3,8,13H,4H2,(H,12,14,15). The van der Waals surface area contributed by atoms with Crippen LogP contribution in [0.2, 0.25) is 5.02 Å². The van der Waals surface area contributed by atoms with Gasteiger partial charge < -0.3 is 5.11 Å². The van der Waals surface area contributed by atoms with Crippen LogP contribution in [0.3, 0.4) is 0 Å². The third-order valence-corrected chi connectivity index (χ3v) is 3.48. The van der Waals surface area contributed by atoms with Gasteiger partial charge in [0, 0.05) is 0 Å². The number of benzene rings is 1. The van der Waals surface area contributed by atoms with Crippen LogP contribution in [-0.2, 0) is 11.2 Å². The first kappa shape index (κ1) is 11.3. The Balaban J connectivity index is 2.12. The van der Waals surface area contributed by atoms with E-state index in [0.29, 0.717) is 6.42 Å². The summed E-state index contributed by atoms with van der Waals surface area (Å²) in [5, 5.41) is 11.0. The van der Waals surface area contributed by atoms with E-state index in [-0.39, 0.29) is 21.9 Å². The third kappa shape index (κ3) is 2.31. The highest BCUT2D eigenvalue weighted by atomic mass is 35.5. The van der Waals surface area contributed by atoms with Crippen LogP contribution in [0.25, 0.3) is 0 Å².